The highest BCUT2D eigenvalue weighted by molar-refractivity contribution is 7.99. The van der Waals surface area contributed by atoms with E-state index in [0.29, 0.717) is 49.6 Å². The van der Waals surface area contributed by atoms with Crippen LogP contribution in [0.1, 0.15) is 41.0 Å². The molecule has 3 amide bonds. The van der Waals surface area contributed by atoms with E-state index in [2.05, 4.69) is 12.2 Å². The Hall–Kier alpha value is -3.00. The van der Waals surface area contributed by atoms with Crippen molar-refractivity contribution in [3.05, 3.63) is 59.7 Å². The summed E-state index contributed by atoms with van der Waals surface area (Å²) in [5, 5.41) is 2.92. The van der Waals surface area contributed by atoms with E-state index in [9.17, 15) is 14.4 Å². The van der Waals surface area contributed by atoms with Crippen LogP contribution in [0.3, 0.4) is 0 Å². The lowest BCUT2D eigenvalue weighted by Gasteiger charge is -2.34. The van der Waals surface area contributed by atoms with Crippen LogP contribution in [0.2, 0.25) is 0 Å². The van der Waals surface area contributed by atoms with Crippen LogP contribution in [0, 0.1) is 0 Å². The van der Waals surface area contributed by atoms with Gasteiger partial charge < -0.3 is 19.9 Å². The molecule has 0 radical (unpaired) electrons. The minimum Gasteiger partial charge on any atom is -0.450 e. The van der Waals surface area contributed by atoms with Crippen LogP contribution >= 0.6 is 11.8 Å². The Labute approximate surface area is 193 Å². The highest BCUT2D eigenvalue weighted by Gasteiger charge is 2.27. The molecule has 170 valence electrons. The molecule has 1 aliphatic rings. The number of anilines is 1. The highest BCUT2D eigenvalue weighted by Crippen LogP contribution is 2.25. The zero-order chi connectivity index (χ0) is 22.9. The van der Waals surface area contributed by atoms with Gasteiger partial charge in [-0.15, -0.1) is 11.8 Å². The Morgan fingerprint density at radius 2 is 1.53 bits per heavy atom. The second-order valence-corrected chi connectivity index (χ2v) is 8.46. The van der Waals surface area contributed by atoms with Crippen LogP contribution < -0.4 is 5.32 Å². The predicted molar refractivity (Wildman–Crippen MR) is 126 cm³/mol. The molecule has 0 atom stereocenters. The standard InChI is InChI=1S/C24H29N3O4S/c1-3-17-32-21-12-8-6-10-19(21)22(28)25-20-11-7-5-9-18(20)23(29)26-13-15-27(16-14-26)24(30)31-4-2/h5-12H,3-4,13-17H2,1-2H3,(H,25,28). The van der Waals surface area contributed by atoms with Crippen LogP contribution in [0.15, 0.2) is 53.4 Å². The lowest BCUT2D eigenvalue weighted by molar-refractivity contribution is 0.0571. The molecular formula is C24H29N3O4S. The molecule has 0 spiro atoms. The summed E-state index contributed by atoms with van der Waals surface area (Å²) in [6.07, 6.45) is 0.661. The summed E-state index contributed by atoms with van der Waals surface area (Å²) in [7, 11) is 0. The molecule has 2 aromatic carbocycles. The smallest absolute Gasteiger partial charge is 0.409 e. The molecular weight excluding hydrogens is 426 g/mol. The molecule has 32 heavy (non-hydrogen) atoms. The van der Waals surface area contributed by atoms with Crippen molar-refractivity contribution in [3.63, 3.8) is 0 Å². The summed E-state index contributed by atoms with van der Waals surface area (Å²) in [4.78, 5) is 42.3. The van der Waals surface area contributed by atoms with Crippen molar-refractivity contribution >= 4 is 35.4 Å². The minimum absolute atomic E-state index is 0.168. The van der Waals surface area contributed by atoms with E-state index >= 15 is 0 Å². The van der Waals surface area contributed by atoms with Crippen LogP contribution in [0.5, 0.6) is 0 Å². The molecule has 0 aliphatic carbocycles. The first-order valence-corrected chi connectivity index (χ1v) is 11.9. The fraction of sp³-hybridized carbons (Fsp3) is 0.375. The van der Waals surface area contributed by atoms with Gasteiger partial charge >= 0.3 is 6.09 Å². The van der Waals surface area contributed by atoms with Gasteiger partial charge in [0.1, 0.15) is 0 Å². The SMILES string of the molecule is CCCSc1ccccc1C(=O)Nc1ccccc1C(=O)N1CCN(C(=O)OCC)CC1. The van der Waals surface area contributed by atoms with E-state index in [1.807, 2.05) is 18.2 Å². The van der Waals surface area contributed by atoms with Crippen molar-refractivity contribution in [2.24, 2.45) is 0 Å². The molecule has 0 aromatic heterocycles. The zero-order valence-corrected chi connectivity index (χ0v) is 19.3. The Morgan fingerprint density at radius 1 is 0.906 bits per heavy atom. The molecule has 0 saturated carbocycles. The van der Waals surface area contributed by atoms with Crippen molar-refractivity contribution in [2.75, 3.05) is 43.9 Å². The third-order valence-corrected chi connectivity index (χ3v) is 6.37. The van der Waals surface area contributed by atoms with Gasteiger partial charge in [-0.2, -0.15) is 0 Å². The monoisotopic (exact) mass is 455 g/mol. The largest absolute Gasteiger partial charge is 0.450 e. The lowest BCUT2D eigenvalue weighted by atomic mass is 10.1. The van der Waals surface area contributed by atoms with Crippen LogP contribution in [0.25, 0.3) is 0 Å². The van der Waals surface area contributed by atoms with E-state index in [-0.39, 0.29) is 17.9 Å². The number of carbonyl (C=O) groups is 3. The molecule has 7 nitrogen and oxygen atoms in total. The van der Waals surface area contributed by atoms with Gasteiger partial charge in [-0.1, -0.05) is 31.2 Å². The Kier molecular flexibility index (Phi) is 8.56. The summed E-state index contributed by atoms with van der Waals surface area (Å²) >= 11 is 1.65. The molecule has 0 unspecified atom stereocenters. The van der Waals surface area contributed by atoms with Crippen molar-refractivity contribution in [1.29, 1.82) is 0 Å². The molecule has 1 N–H and O–H groups in total. The lowest BCUT2D eigenvalue weighted by Crippen LogP contribution is -2.50. The first kappa shape index (κ1) is 23.7. The number of nitrogens with zero attached hydrogens (tertiary/aromatic N) is 2. The van der Waals surface area contributed by atoms with Crippen LogP contribution in [-0.4, -0.2) is 66.2 Å². The molecule has 0 bridgehead atoms. The fourth-order valence-corrected chi connectivity index (χ4v) is 4.35. The highest BCUT2D eigenvalue weighted by atomic mass is 32.2. The van der Waals surface area contributed by atoms with Gasteiger partial charge in [0.2, 0.25) is 0 Å². The topological polar surface area (TPSA) is 79.0 Å². The zero-order valence-electron chi connectivity index (χ0n) is 18.5. The van der Waals surface area contributed by atoms with Gasteiger partial charge in [-0.05, 0) is 43.4 Å². The molecule has 1 heterocycles. The van der Waals surface area contributed by atoms with Crippen molar-refractivity contribution in [3.8, 4) is 0 Å². The summed E-state index contributed by atoms with van der Waals surface area (Å²) in [5.41, 5.74) is 1.51. The summed E-state index contributed by atoms with van der Waals surface area (Å²) in [5.74, 6) is 0.520. The number of hydrogen-bond donors (Lipinski definition) is 1. The summed E-state index contributed by atoms with van der Waals surface area (Å²) in [6, 6.07) is 14.5. The van der Waals surface area contributed by atoms with Gasteiger partial charge in [-0.3, -0.25) is 9.59 Å². The quantitative estimate of drug-likeness (QED) is 0.628. The number of carbonyl (C=O) groups excluding carboxylic acids is 3. The van der Waals surface area contributed by atoms with Gasteiger partial charge in [0.15, 0.2) is 0 Å². The number of thioether (sulfide) groups is 1. The Balaban J connectivity index is 1.71. The maximum atomic E-state index is 13.2. The third-order valence-electron chi connectivity index (χ3n) is 5.09. The molecule has 8 heteroatoms. The third kappa shape index (κ3) is 5.82. The average molecular weight is 456 g/mol. The second kappa shape index (κ2) is 11.6. The molecule has 2 aromatic rings. The first-order chi connectivity index (χ1) is 15.5. The number of rotatable bonds is 7. The number of benzene rings is 2. The number of piperazine rings is 1. The Morgan fingerprint density at radius 3 is 2.22 bits per heavy atom. The van der Waals surface area contributed by atoms with E-state index in [0.717, 1.165) is 17.1 Å². The molecule has 1 saturated heterocycles. The normalized spacial score (nSPS) is 13.6. The van der Waals surface area contributed by atoms with Crippen LogP contribution in [-0.2, 0) is 4.74 Å². The van der Waals surface area contributed by atoms with Crippen molar-refractivity contribution < 1.29 is 19.1 Å². The number of amides is 3. The van der Waals surface area contributed by atoms with Crippen molar-refractivity contribution in [1.82, 2.24) is 9.80 Å². The number of ether oxygens (including phenoxy) is 1. The number of para-hydroxylation sites is 1. The summed E-state index contributed by atoms with van der Waals surface area (Å²) in [6.45, 7) is 5.86. The molecule has 1 fully saturated rings. The average Bonchev–Trinajstić information content (AvgIpc) is 2.83. The van der Waals surface area contributed by atoms with E-state index in [1.165, 1.54) is 0 Å². The molecule has 1 aliphatic heterocycles. The maximum absolute atomic E-state index is 13.2. The minimum atomic E-state index is -0.355. The fourth-order valence-electron chi connectivity index (χ4n) is 3.44. The molecule has 3 rings (SSSR count). The van der Waals surface area contributed by atoms with E-state index in [4.69, 9.17) is 4.74 Å². The summed E-state index contributed by atoms with van der Waals surface area (Å²) < 4.78 is 5.04. The van der Waals surface area contributed by atoms with Gasteiger partial charge in [0.05, 0.1) is 23.4 Å². The Bertz CT molecular complexity index is 958. The second-order valence-electron chi connectivity index (χ2n) is 7.32. The first-order valence-electron chi connectivity index (χ1n) is 10.9. The predicted octanol–water partition coefficient (Wildman–Crippen LogP) is 4.36. The van der Waals surface area contributed by atoms with E-state index < -0.39 is 0 Å². The van der Waals surface area contributed by atoms with Crippen molar-refractivity contribution in [2.45, 2.75) is 25.2 Å². The van der Waals surface area contributed by atoms with Gasteiger partial charge in [0, 0.05) is 31.1 Å². The maximum Gasteiger partial charge on any atom is 0.409 e. The van der Waals surface area contributed by atoms with E-state index in [1.54, 1.807) is 58.8 Å². The van der Waals surface area contributed by atoms with Crippen LogP contribution in [0.4, 0.5) is 10.5 Å². The number of hydrogen-bond acceptors (Lipinski definition) is 5. The van der Waals surface area contributed by atoms with Gasteiger partial charge in [0.25, 0.3) is 11.8 Å². The van der Waals surface area contributed by atoms with Gasteiger partial charge in [-0.25, -0.2) is 4.79 Å². The number of nitrogens with one attached hydrogen (secondary N) is 1.